The van der Waals surface area contributed by atoms with Crippen molar-refractivity contribution in [1.29, 1.82) is 0 Å². The maximum atomic E-state index is 13.9. The van der Waals surface area contributed by atoms with Gasteiger partial charge in [-0.2, -0.15) is 0 Å². The second-order valence-corrected chi connectivity index (χ2v) is 9.28. The summed E-state index contributed by atoms with van der Waals surface area (Å²) in [7, 11) is 0. The molecule has 0 bridgehead atoms. The molecule has 0 saturated heterocycles. The van der Waals surface area contributed by atoms with Crippen molar-refractivity contribution in [3.63, 3.8) is 0 Å². The summed E-state index contributed by atoms with van der Waals surface area (Å²) < 4.78 is 32.6. The molecule has 1 aliphatic carbocycles. The van der Waals surface area contributed by atoms with Crippen molar-refractivity contribution in [3.8, 4) is 17.4 Å². The number of benzene rings is 2. The molecule has 4 rings (SSSR count). The monoisotopic (exact) mass is 538 g/mol. The fourth-order valence-electron chi connectivity index (χ4n) is 4.30. The summed E-state index contributed by atoms with van der Waals surface area (Å²) in [6.07, 6.45) is 3.35. The Labute approximate surface area is 223 Å². The summed E-state index contributed by atoms with van der Waals surface area (Å²) >= 11 is 0. The van der Waals surface area contributed by atoms with Gasteiger partial charge in [-0.15, -0.1) is 0 Å². The van der Waals surface area contributed by atoms with Crippen molar-refractivity contribution in [1.82, 2.24) is 20.9 Å². The van der Waals surface area contributed by atoms with Crippen molar-refractivity contribution in [3.05, 3.63) is 83.6 Å². The van der Waals surface area contributed by atoms with Gasteiger partial charge < -0.3 is 25.8 Å². The van der Waals surface area contributed by atoms with Crippen LogP contribution >= 0.6 is 0 Å². The van der Waals surface area contributed by atoms with Crippen LogP contribution < -0.4 is 20.7 Å². The number of ether oxygens (including phenoxy) is 1. The third-order valence-corrected chi connectivity index (χ3v) is 6.24. The predicted octanol–water partition coefficient (Wildman–Crippen LogP) is 3.37. The number of phenolic OH excluding ortho intramolecular Hbond substituents is 1. The number of pyridine rings is 1. The van der Waals surface area contributed by atoms with Crippen LogP contribution in [0.1, 0.15) is 41.6 Å². The molecule has 0 atom stereocenters. The molecule has 0 aliphatic heterocycles. The summed E-state index contributed by atoms with van der Waals surface area (Å²) in [5.41, 5.74) is 0.549. The van der Waals surface area contributed by atoms with E-state index in [9.17, 15) is 28.3 Å². The third kappa shape index (κ3) is 8.22. The van der Waals surface area contributed by atoms with Gasteiger partial charge in [0.25, 0.3) is 5.91 Å². The Morgan fingerprint density at radius 1 is 0.897 bits per heavy atom. The Balaban J connectivity index is 1.22. The van der Waals surface area contributed by atoms with Crippen molar-refractivity contribution >= 4 is 17.7 Å². The second-order valence-electron chi connectivity index (χ2n) is 9.28. The number of carbonyl (C=O) groups excluding carboxylic acids is 3. The SMILES string of the molecule is O=C(Cc1cccc(O)c1)NCC(=O)NC1CCC(NC(=O)c2cc(F)cnc2Oc2ccc(F)cc2)CC1. The summed E-state index contributed by atoms with van der Waals surface area (Å²) in [5.74, 6) is -2.15. The van der Waals surface area contributed by atoms with E-state index in [2.05, 4.69) is 20.9 Å². The van der Waals surface area contributed by atoms with Crippen LogP contribution in [0, 0.1) is 11.6 Å². The first kappa shape index (κ1) is 27.5. The summed E-state index contributed by atoms with van der Waals surface area (Å²) in [6.45, 7) is -0.169. The van der Waals surface area contributed by atoms with Crippen LogP contribution in [-0.4, -0.2) is 46.4 Å². The zero-order valence-corrected chi connectivity index (χ0v) is 21.0. The Bertz CT molecular complexity index is 1330. The van der Waals surface area contributed by atoms with Crippen LogP contribution in [0.3, 0.4) is 0 Å². The minimum absolute atomic E-state index is 0.0456. The van der Waals surface area contributed by atoms with Crippen LogP contribution in [0.5, 0.6) is 17.4 Å². The summed E-state index contributed by atoms with van der Waals surface area (Å²) in [6, 6.07) is 12.2. The van der Waals surface area contributed by atoms with Crippen LogP contribution in [0.4, 0.5) is 8.78 Å². The lowest BCUT2D eigenvalue weighted by Crippen LogP contribution is -2.46. The number of nitrogens with zero attached hydrogens (tertiary/aromatic N) is 1. The fourth-order valence-corrected chi connectivity index (χ4v) is 4.30. The van der Waals surface area contributed by atoms with E-state index in [4.69, 9.17) is 4.74 Å². The molecule has 3 aromatic rings. The Morgan fingerprint density at radius 2 is 1.59 bits per heavy atom. The van der Waals surface area contributed by atoms with Crippen molar-refractivity contribution in [2.75, 3.05) is 6.54 Å². The van der Waals surface area contributed by atoms with Crippen molar-refractivity contribution in [2.24, 2.45) is 0 Å². The van der Waals surface area contributed by atoms with Gasteiger partial charge in [-0.05, 0) is 73.7 Å². The van der Waals surface area contributed by atoms with E-state index < -0.39 is 17.5 Å². The number of rotatable bonds is 9. The maximum absolute atomic E-state index is 13.9. The topological polar surface area (TPSA) is 130 Å². The average Bonchev–Trinajstić information content (AvgIpc) is 2.91. The molecule has 3 amide bonds. The minimum atomic E-state index is -0.702. The molecule has 0 unspecified atom stereocenters. The molecular formula is C28H28F2N4O5. The fraction of sp³-hybridized carbons (Fsp3) is 0.286. The van der Waals surface area contributed by atoms with E-state index in [-0.39, 0.29) is 59.8 Å². The summed E-state index contributed by atoms with van der Waals surface area (Å²) in [5, 5.41) is 17.8. The van der Waals surface area contributed by atoms with E-state index in [1.54, 1.807) is 12.1 Å². The smallest absolute Gasteiger partial charge is 0.257 e. The Hall–Kier alpha value is -4.54. The number of hydrogen-bond donors (Lipinski definition) is 4. The van der Waals surface area contributed by atoms with Gasteiger partial charge in [0, 0.05) is 12.1 Å². The van der Waals surface area contributed by atoms with Gasteiger partial charge in [0.1, 0.15) is 28.7 Å². The van der Waals surface area contributed by atoms with Gasteiger partial charge in [-0.3, -0.25) is 14.4 Å². The first-order valence-corrected chi connectivity index (χ1v) is 12.5. The highest BCUT2D eigenvalue weighted by Crippen LogP contribution is 2.25. The molecule has 11 heteroatoms. The van der Waals surface area contributed by atoms with E-state index in [0.717, 1.165) is 12.3 Å². The number of hydrogen-bond acceptors (Lipinski definition) is 6. The molecule has 1 heterocycles. The van der Waals surface area contributed by atoms with Crippen LogP contribution in [0.2, 0.25) is 0 Å². The Kier molecular flexibility index (Phi) is 9.03. The van der Waals surface area contributed by atoms with Crippen molar-refractivity contribution in [2.45, 2.75) is 44.2 Å². The number of carbonyl (C=O) groups is 3. The normalized spacial score (nSPS) is 16.7. The highest BCUT2D eigenvalue weighted by Gasteiger charge is 2.25. The maximum Gasteiger partial charge on any atom is 0.257 e. The van der Waals surface area contributed by atoms with E-state index in [1.807, 2.05) is 0 Å². The lowest BCUT2D eigenvalue weighted by molar-refractivity contribution is -0.126. The molecule has 1 saturated carbocycles. The van der Waals surface area contributed by atoms with Gasteiger partial charge in [0.2, 0.25) is 17.7 Å². The van der Waals surface area contributed by atoms with E-state index in [0.29, 0.717) is 31.2 Å². The number of halogens is 2. The highest BCUT2D eigenvalue weighted by molar-refractivity contribution is 5.96. The molecule has 0 spiro atoms. The first-order chi connectivity index (χ1) is 18.7. The van der Waals surface area contributed by atoms with Crippen molar-refractivity contribution < 1.29 is 33.0 Å². The molecule has 39 heavy (non-hydrogen) atoms. The molecule has 1 aromatic heterocycles. The molecular weight excluding hydrogens is 510 g/mol. The molecule has 1 aliphatic rings. The molecule has 9 nitrogen and oxygen atoms in total. The molecule has 1 fully saturated rings. The lowest BCUT2D eigenvalue weighted by atomic mass is 9.91. The zero-order valence-electron chi connectivity index (χ0n) is 21.0. The third-order valence-electron chi connectivity index (χ3n) is 6.24. The zero-order chi connectivity index (χ0) is 27.8. The molecule has 0 radical (unpaired) electrons. The largest absolute Gasteiger partial charge is 0.508 e. The first-order valence-electron chi connectivity index (χ1n) is 12.5. The van der Waals surface area contributed by atoms with E-state index in [1.165, 1.54) is 36.4 Å². The number of nitrogens with one attached hydrogen (secondary N) is 3. The molecule has 4 N–H and O–H groups in total. The molecule has 204 valence electrons. The van der Waals surface area contributed by atoms with Crippen LogP contribution in [-0.2, 0) is 16.0 Å². The van der Waals surface area contributed by atoms with Gasteiger partial charge in [0.15, 0.2) is 0 Å². The average molecular weight is 539 g/mol. The number of aromatic hydroxyl groups is 1. The van der Waals surface area contributed by atoms with Gasteiger partial charge in [-0.1, -0.05) is 12.1 Å². The number of aromatic nitrogens is 1. The second kappa shape index (κ2) is 12.8. The number of phenols is 1. The highest BCUT2D eigenvalue weighted by atomic mass is 19.1. The Morgan fingerprint density at radius 3 is 2.28 bits per heavy atom. The lowest BCUT2D eigenvalue weighted by Gasteiger charge is -2.29. The van der Waals surface area contributed by atoms with Gasteiger partial charge in [-0.25, -0.2) is 13.8 Å². The van der Waals surface area contributed by atoms with Gasteiger partial charge in [0.05, 0.1) is 19.2 Å². The van der Waals surface area contributed by atoms with Crippen LogP contribution in [0.25, 0.3) is 0 Å². The quantitative estimate of drug-likeness (QED) is 0.331. The summed E-state index contributed by atoms with van der Waals surface area (Å²) in [4.78, 5) is 41.1. The standard InChI is InChI=1S/C28H28F2N4O5/c29-18-4-10-23(11-5-18)39-28-24(14-19(30)15-32-28)27(38)34-21-8-6-20(7-9-21)33-26(37)16-31-25(36)13-17-2-1-3-22(35)12-17/h1-5,10-12,14-15,20-21,35H,6-9,13,16H2,(H,31,36)(H,33,37)(H,34,38). The van der Waals surface area contributed by atoms with Gasteiger partial charge >= 0.3 is 0 Å². The minimum Gasteiger partial charge on any atom is -0.508 e. The van der Waals surface area contributed by atoms with E-state index >= 15 is 0 Å². The van der Waals surface area contributed by atoms with Crippen LogP contribution in [0.15, 0.2) is 60.8 Å². The molecule has 2 aromatic carbocycles. The predicted molar refractivity (Wildman–Crippen MR) is 137 cm³/mol. The number of amides is 3.